The highest BCUT2D eigenvalue weighted by Gasteiger charge is 2.19. The fourth-order valence-electron chi connectivity index (χ4n) is 2.51. The molecule has 0 aliphatic carbocycles. The molecule has 0 aromatic heterocycles. The maximum atomic E-state index is 11.9. The third kappa shape index (κ3) is 7.39. The number of rotatable bonds is 8. The lowest BCUT2D eigenvalue weighted by atomic mass is 10.3. The smallest absolute Gasteiger partial charge is 0.319 e. The maximum Gasteiger partial charge on any atom is 0.319 e. The molecule has 1 aromatic carbocycles. The van der Waals surface area contributed by atoms with E-state index in [9.17, 15) is 13.2 Å². The molecule has 1 aromatic rings. The fraction of sp³-hybridized carbons (Fsp3) is 0.562. The largest absolute Gasteiger partial charge is 0.379 e. The van der Waals surface area contributed by atoms with Crippen molar-refractivity contribution in [1.82, 2.24) is 14.5 Å². The summed E-state index contributed by atoms with van der Waals surface area (Å²) in [4.78, 5) is 14.0. The first kappa shape index (κ1) is 19.6. The van der Waals surface area contributed by atoms with Gasteiger partial charge in [0.2, 0.25) is 10.0 Å². The van der Waals surface area contributed by atoms with Gasteiger partial charge in [-0.1, -0.05) is 18.2 Å². The Morgan fingerprint density at radius 2 is 1.88 bits per heavy atom. The molecule has 2 rings (SSSR count). The summed E-state index contributed by atoms with van der Waals surface area (Å²) in [7, 11) is -3.32. The number of nitrogens with one attached hydrogen (secondary N) is 2. The Kier molecular flexibility index (Phi) is 7.63. The molecule has 0 atom stereocenters. The average Bonchev–Trinajstić information content (AvgIpc) is 2.58. The molecule has 1 saturated heterocycles. The molecule has 1 fully saturated rings. The van der Waals surface area contributed by atoms with Crippen molar-refractivity contribution in [2.75, 3.05) is 64.1 Å². The van der Waals surface area contributed by atoms with Gasteiger partial charge in [0.05, 0.1) is 19.5 Å². The Morgan fingerprint density at radius 1 is 1.20 bits per heavy atom. The topological polar surface area (TPSA) is 91.0 Å². The van der Waals surface area contributed by atoms with Crippen LogP contribution >= 0.6 is 0 Å². The summed E-state index contributed by atoms with van der Waals surface area (Å²) in [6.45, 7) is 4.54. The highest BCUT2D eigenvalue weighted by Crippen LogP contribution is 2.04. The average molecular weight is 370 g/mol. The molecular formula is C16H26N4O4S. The lowest BCUT2D eigenvalue weighted by Gasteiger charge is -2.29. The quantitative estimate of drug-likeness (QED) is 0.691. The van der Waals surface area contributed by atoms with E-state index in [1.54, 1.807) is 12.1 Å². The molecule has 8 nitrogen and oxygen atoms in total. The molecule has 25 heavy (non-hydrogen) atoms. The number of benzene rings is 1. The van der Waals surface area contributed by atoms with Gasteiger partial charge in [-0.25, -0.2) is 13.2 Å². The van der Waals surface area contributed by atoms with Crippen molar-refractivity contribution in [3.05, 3.63) is 30.3 Å². The van der Waals surface area contributed by atoms with Gasteiger partial charge >= 0.3 is 6.03 Å². The number of amides is 2. The lowest BCUT2D eigenvalue weighted by molar-refractivity contribution is 0.0363. The number of hydrogen-bond donors (Lipinski definition) is 2. The maximum absolute atomic E-state index is 11.9. The minimum absolute atomic E-state index is 0.241. The van der Waals surface area contributed by atoms with Gasteiger partial charge in [-0.15, -0.1) is 0 Å². The van der Waals surface area contributed by atoms with E-state index in [1.807, 2.05) is 18.2 Å². The highest BCUT2D eigenvalue weighted by molar-refractivity contribution is 7.88. The molecule has 0 bridgehead atoms. The molecule has 1 heterocycles. The summed E-state index contributed by atoms with van der Waals surface area (Å²) in [6, 6.07) is 8.73. The molecule has 2 amide bonds. The molecule has 0 saturated carbocycles. The number of ether oxygens (including phenoxy) is 1. The van der Waals surface area contributed by atoms with Gasteiger partial charge in [0.25, 0.3) is 0 Å². The van der Waals surface area contributed by atoms with Crippen molar-refractivity contribution in [2.24, 2.45) is 0 Å². The van der Waals surface area contributed by atoms with Gasteiger partial charge in [0.15, 0.2) is 0 Å². The van der Waals surface area contributed by atoms with E-state index in [4.69, 9.17) is 4.74 Å². The van der Waals surface area contributed by atoms with Crippen molar-refractivity contribution in [2.45, 2.75) is 0 Å². The third-order valence-corrected chi connectivity index (χ3v) is 5.22. The van der Waals surface area contributed by atoms with Crippen LogP contribution in [0, 0.1) is 0 Å². The molecule has 9 heteroatoms. The summed E-state index contributed by atoms with van der Waals surface area (Å²) in [5, 5.41) is 5.38. The predicted octanol–water partition coefficient (Wildman–Crippen LogP) is 0.402. The summed E-state index contributed by atoms with van der Waals surface area (Å²) >= 11 is 0. The summed E-state index contributed by atoms with van der Waals surface area (Å²) in [6.07, 6.45) is 1.19. The number of sulfonamides is 1. The minimum atomic E-state index is -3.32. The molecular weight excluding hydrogens is 344 g/mol. The molecule has 0 radical (unpaired) electrons. The van der Waals surface area contributed by atoms with Crippen molar-refractivity contribution >= 4 is 21.7 Å². The number of morpholine rings is 1. The van der Waals surface area contributed by atoms with Crippen LogP contribution in [0.5, 0.6) is 0 Å². The zero-order chi connectivity index (χ0) is 18.1. The summed E-state index contributed by atoms with van der Waals surface area (Å²) < 4.78 is 30.5. The Morgan fingerprint density at radius 3 is 2.52 bits per heavy atom. The number of para-hydroxylation sites is 1. The van der Waals surface area contributed by atoms with Crippen LogP contribution in [-0.2, 0) is 14.8 Å². The first-order valence-corrected chi connectivity index (χ1v) is 10.1. The zero-order valence-electron chi connectivity index (χ0n) is 14.5. The number of anilines is 1. The standard InChI is InChI=1S/C16H26N4O4S/c1-25(22,23)20(10-9-19-11-13-24-14-12-19)8-7-17-16(21)18-15-5-3-2-4-6-15/h2-6H,7-14H2,1H3,(H2,17,18,21). The van der Waals surface area contributed by atoms with Gasteiger partial charge in [-0.3, -0.25) is 4.90 Å². The fourth-order valence-corrected chi connectivity index (χ4v) is 3.35. The molecule has 1 aliphatic rings. The molecule has 0 unspecified atom stereocenters. The van der Waals surface area contributed by atoms with Crippen LogP contribution in [-0.4, -0.2) is 82.4 Å². The normalized spacial score (nSPS) is 15.9. The zero-order valence-corrected chi connectivity index (χ0v) is 15.3. The Bertz CT molecular complexity index is 633. The Balaban J connectivity index is 1.74. The number of carbonyl (C=O) groups is 1. The molecule has 140 valence electrons. The van der Waals surface area contributed by atoms with Crippen LogP contribution in [0.15, 0.2) is 30.3 Å². The molecule has 2 N–H and O–H groups in total. The van der Waals surface area contributed by atoms with E-state index in [0.717, 1.165) is 13.1 Å². The van der Waals surface area contributed by atoms with Crippen LogP contribution in [0.25, 0.3) is 0 Å². The number of hydrogen-bond acceptors (Lipinski definition) is 5. The number of nitrogens with zero attached hydrogens (tertiary/aromatic N) is 2. The van der Waals surface area contributed by atoms with Crippen LogP contribution in [0.2, 0.25) is 0 Å². The van der Waals surface area contributed by atoms with E-state index >= 15 is 0 Å². The van der Waals surface area contributed by atoms with Gasteiger partial charge < -0.3 is 15.4 Å². The van der Waals surface area contributed by atoms with Crippen molar-refractivity contribution in [3.8, 4) is 0 Å². The second-order valence-electron chi connectivity index (χ2n) is 5.86. The van der Waals surface area contributed by atoms with E-state index in [-0.39, 0.29) is 19.1 Å². The summed E-state index contributed by atoms with van der Waals surface area (Å²) in [5.74, 6) is 0. The van der Waals surface area contributed by atoms with E-state index in [0.29, 0.717) is 32.0 Å². The first-order chi connectivity index (χ1) is 11.9. The van der Waals surface area contributed by atoms with Crippen LogP contribution in [0.1, 0.15) is 0 Å². The second kappa shape index (κ2) is 9.71. The SMILES string of the molecule is CS(=O)(=O)N(CCNC(=O)Nc1ccccc1)CCN1CCOCC1. The van der Waals surface area contributed by atoms with Gasteiger partial charge in [0, 0.05) is 45.0 Å². The van der Waals surface area contributed by atoms with Gasteiger partial charge in [-0.2, -0.15) is 4.31 Å². The van der Waals surface area contributed by atoms with E-state index in [1.165, 1.54) is 10.6 Å². The predicted molar refractivity (Wildman–Crippen MR) is 97.1 cm³/mol. The second-order valence-corrected chi connectivity index (χ2v) is 7.85. The summed E-state index contributed by atoms with van der Waals surface area (Å²) in [5.41, 5.74) is 0.687. The van der Waals surface area contributed by atoms with Crippen LogP contribution in [0.4, 0.5) is 10.5 Å². The van der Waals surface area contributed by atoms with Crippen molar-refractivity contribution in [3.63, 3.8) is 0 Å². The van der Waals surface area contributed by atoms with Crippen LogP contribution in [0.3, 0.4) is 0 Å². The number of urea groups is 1. The minimum Gasteiger partial charge on any atom is -0.379 e. The number of carbonyl (C=O) groups excluding carboxylic acids is 1. The van der Waals surface area contributed by atoms with Crippen LogP contribution < -0.4 is 10.6 Å². The Hall–Kier alpha value is -1.68. The lowest BCUT2D eigenvalue weighted by Crippen LogP contribution is -2.45. The van der Waals surface area contributed by atoms with Crippen molar-refractivity contribution in [1.29, 1.82) is 0 Å². The van der Waals surface area contributed by atoms with Gasteiger partial charge in [-0.05, 0) is 12.1 Å². The van der Waals surface area contributed by atoms with E-state index < -0.39 is 10.0 Å². The molecule has 1 aliphatic heterocycles. The molecule has 0 spiro atoms. The van der Waals surface area contributed by atoms with E-state index in [2.05, 4.69) is 15.5 Å². The van der Waals surface area contributed by atoms with Gasteiger partial charge in [0.1, 0.15) is 0 Å². The van der Waals surface area contributed by atoms with Crippen molar-refractivity contribution < 1.29 is 17.9 Å². The third-order valence-electron chi connectivity index (χ3n) is 3.92. The Labute approximate surface area is 149 Å². The monoisotopic (exact) mass is 370 g/mol. The first-order valence-electron chi connectivity index (χ1n) is 8.30. The highest BCUT2D eigenvalue weighted by atomic mass is 32.2.